The first kappa shape index (κ1) is 20.4. The van der Waals surface area contributed by atoms with Crippen molar-refractivity contribution in [2.45, 2.75) is 50.5 Å². The van der Waals surface area contributed by atoms with Crippen molar-refractivity contribution in [2.24, 2.45) is 0 Å². The average molecular weight is 405 g/mol. The third kappa shape index (κ3) is 4.37. The fraction of sp³-hybridized carbons (Fsp3) is 0.682. The monoisotopic (exact) mass is 404 g/mol. The molecule has 0 saturated carbocycles. The summed E-state index contributed by atoms with van der Waals surface area (Å²) >= 11 is 0. The third-order valence-corrected chi connectivity index (χ3v) is 6.34. The van der Waals surface area contributed by atoms with E-state index < -0.39 is 0 Å². The lowest BCUT2D eigenvalue weighted by molar-refractivity contribution is -0.140. The van der Waals surface area contributed by atoms with E-state index in [2.05, 4.69) is 4.90 Å². The van der Waals surface area contributed by atoms with Crippen LogP contribution < -0.4 is 9.47 Å². The highest BCUT2D eigenvalue weighted by molar-refractivity contribution is 5.79. The second-order valence-corrected chi connectivity index (χ2v) is 8.00. The zero-order valence-corrected chi connectivity index (χ0v) is 17.5. The number of likely N-dealkylation sites (tertiary alicyclic amines) is 2. The summed E-state index contributed by atoms with van der Waals surface area (Å²) in [5.41, 5.74) is 1.05. The van der Waals surface area contributed by atoms with Gasteiger partial charge in [0.1, 0.15) is 11.5 Å². The highest BCUT2D eigenvalue weighted by Crippen LogP contribution is 2.39. The SMILES string of the molecule is COc1ccc(C2CCCN2C(=O)CN2CCCCC2C2OCCO2)c(OC)c1. The molecule has 1 aromatic carbocycles. The molecule has 7 heteroatoms. The molecule has 3 aliphatic rings. The number of nitrogens with zero attached hydrogens (tertiary/aromatic N) is 2. The lowest BCUT2D eigenvalue weighted by Crippen LogP contribution is -2.51. The molecule has 2 atom stereocenters. The molecular weight excluding hydrogens is 372 g/mol. The Kier molecular flexibility index (Phi) is 6.57. The Morgan fingerprint density at radius 2 is 1.90 bits per heavy atom. The fourth-order valence-electron chi connectivity index (χ4n) is 4.87. The lowest BCUT2D eigenvalue weighted by Gasteiger charge is -2.38. The van der Waals surface area contributed by atoms with Crippen molar-refractivity contribution >= 4 is 5.91 Å². The van der Waals surface area contributed by atoms with E-state index in [0.717, 1.165) is 62.3 Å². The predicted molar refractivity (Wildman–Crippen MR) is 108 cm³/mol. The van der Waals surface area contributed by atoms with Crippen LogP contribution in [0.3, 0.4) is 0 Å². The number of hydrogen-bond acceptors (Lipinski definition) is 6. The zero-order valence-electron chi connectivity index (χ0n) is 17.5. The van der Waals surface area contributed by atoms with Gasteiger partial charge >= 0.3 is 0 Å². The van der Waals surface area contributed by atoms with Crippen LogP contribution in [0.15, 0.2) is 18.2 Å². The standard InChI is InChI=1S/C22H32N2O5/c1-26-16-8-9-17(20(14-16)27-2)18-7-5-11-24(18)21(25)15-23-10-4-3-6-19(23)22-28-12-13-29-22/h8-9,14,18-19,22H,3-7,10-13,15H2,1-2H3. The van der Waals surface area contributed by atoms with Crippen molar-refractivity contribution in [3.63, 3.8) is 0 Å². The summed E-state index contributed by atoms with van der Waals surface area (Å²) in [5.74, 6) is 1.71. The normalized spacial score (nSPS) is 26.1. The molecule has 3 saturated heterocycles. The Labute approximate surface area is 172 Å². The number of ether oxygens (including phenoxy) is 4. The van der Waals surface area contributed by atoms with Gasteiger partial charge in [0.25, 0.3) is 0 Å². The van der Waals surface area contributed by atoms with Crippen LogP contribution in [0, 0.1) is 0 Å². The molecule has 2 unspecified atom stereocenters. The first-order chi connectivity index (χ1) is 14.2. The van der Waals surface area contributed by atoms with Gasteiger partial charge in [-0.25, -0.2) is 0 Å². The third-order valence-electron chi connectivity index (χ3n) is 6.34. The van der Waals surface area contributed by atoms with Gasteiger partial charge in [0.2, 0.25) is 5.91 Å². The number of piperidine rings is 1. The molecule has 7 nitrogen and oxygen atoms in total. The summed E-state index contributed by atoms with van der Waals surface area (Å²) in [4.78, 5) is 17.6. The molecule has 0 radical (unpaired) electrons. The fourth-order valence-corrected chi connectivity index (χ4v) is 4.87. The Hall–Kier alpha value is -1.83. The van der Waals surface area contributed by atoms with Gasteiger partial charge in [-0.3, -0.25) is 9.69 Å². The minimum absolute atomic E-state index is 0.0468. The molecule has 3 heterocycles. The smallest absolute Gasteiger partial charge is 0.237 e. The molecule has 29 heavy (non-hydrogen) atoms. The Morgan fingerprint density at radius 3 is 2.66 bits per heavy atom. The Balaban J connectivity index is 1.47. The van der Waals surface area contributed by atoms with Crippen LogP contribution in [-0.2, 0) is 14.3 Å². The molecule has 3 aliphatic heterocycles. The Morgan fingerprint density at radius 1 is 1.07 bits per heavy atom. The molecule has 1 aromatic rings. The minimum atomic E-state index is -0.195. The topological polar surface area (TPSA) is 60.5 Å². The van der Waals surface area contributed by atoms with Gasteiger partial charge in [-0.2, -0.15) is 0 Å². The molecule has 0 N–H and O–H groups in total. The highest BCUT2D eigenvalue weighted by Gasteiger charge is 2.37. The van der Waals surface area contributed by atoms with E-state index in [9.17, 15) is 4.79 Å². The van der Waals surface area contributed by atoms with Crippen molar-refractivity contribution < 1.29 is 23.7 Å². The molecule has 0 aromatic heterocycles. The summed E-state index contributed by atoms with van der Waals surface area (Å²) in [5, 5.41) is 0. The van der Waals surface area contributed by atoms with Crippen LogP contribution in [0.2, 0.25) is 0 Å². The highest BCUT2D eigenvalue weighted by atomic mass is 16.7. The zero-order chi connectivity index (χ0) is 20.2. The molecule has 3 fully saturated rings. The number of carbonyl (C=O) groups excluding carboxylic acids is 1. The van der Waals surface area contributed by atoms with Crippen LogP contribution >= 0.6 is 0 Å². The predicted octanol–water partition coefficient (Wildman–Crippen LogP) is 2.59. The molecule has 1 amide bonds. The summed E-state index contributed by atoms with van der Waals surface area (Å²) in [7, 11) is 3.31. The first-order valence-corrected chi connectivity index (χ1v) is 10.7. The number of methoxy groups -OCH3 is 2. The Bertz CT molecular complexity index is 706. The van der Waals surface area contributed by atoms with Crippen molar-refractivity contribution in [3.05, 3.63) is 23.8 Å². The van der Waals surface area contributed by atoms with E-state index >= 15 is 0 Å². The number of carbonyl (C=O) groups is 1. The van der Waals surface area contributed by atoms with Crippen LogP contribution in [0.1, 0.15) is 43.7 Å². The van der Waals surface area contributed by atoms with Gasteiger partial charge < -0.3 is 23.8 Å². The number of amides is 1. The lowest BCUT2D eigenvalue weighted by atomic mass is 10.0. The van der Waals surface area contributed by atoms with Crippen molar-refractivity contribution in [2.75, 3.05) is 47.1 Å². The minimum Gasteiger partial charge on any atom is -0.497 e. The molecule has 0 bridgehead atoms. The summed E-state index contributed by atoms with van der Waals surface area (Å²) in [6, 6.07) is 6.08. The van der Waals surface area contributed by atoms with E-state index in [1.807, 2.05) is 23.1 Å². The number of rotatable bonds is 6. The van der Waals surface area contributed by atoms with Crippen molar-refractivity contribution in [1.82, 2.24) is 9.80 Å². The second kappa shape index (κ2) is 9.32. The van der Waals surface area contributed by atoms with E-state index in [1.165, 1.54) is 0 Å². The van der Waals surface area contributed by atoms with Crippen LogP contribution in [0.4, 0.5) is 0 Å². The second-order valence-electron chi connectivity index (χ2n) is 8.00. The van der Waals surface area contributed by atoms with Crippen molar-refractivity contribution in [1.29, 1.82) is 0 Å². The maximum Gasteiger partial charge on any atom is 0.237 e. The molecular formula is C22H32N2O5. The van der Waals surface area contributed by atoms with Crippen molar-refractivity contribution in [3.8, 4) is 11.5 Å². The van der Waals surface area contributed by atoms with Crippen LogP contribution in [0.25, 0.3) is 0 Å². The maximum atomic E-state index is 13.3. The van der Waals surface area contributed by atoms with Gasteiger partial charge in [-0.15, -0.1) is 0 Å². The van der Waals surface area contributed by atoms with E-state index in [0.29, 0.717) is 19.8 Å². The van der Waals surface area contributed by atoms with Gasteiger partial charge in [-0.05, 0) is 44.4 Å². The van der Waals surface area contributed by atoms with Gasteiger partial charge in [0, 0.05) is 18.2 Å². The van der Waals surface area contributed by atoms with Crippen LogP contribution in [-0.4, -0.2) is 75.1 Å². The van der Waals surface area contributed by atoms with E-state index in [1.54, 1.807) is 14.2 Å². The van der Waals surface area contributed by atoms with E-state index in [-0.39, 0.29) is 24.3 Å². The first-order valence-electron chi connectivity index (χ1n) is 10.7. The molecule has 4 rings (SSSR count). The van der Waals surface area contributed by atoms with Gasteiger partial charge in [0.05, 0.1) is 46.1 Å². The summed E-state index contributed by atoms with van der Waals surface area (Å²) < 4.78 is 22.4. The van der Waals surface area contributed by atoms with Gasteiger partial charge in [-0.1, -0.05) is 6.42 Å². The largest absolute Gasteiger partial charge is 0.497 e. The van der Waals surface area contributed by atoms with Gasteiger partial charge in [0.15, 0.2) is 6.29 Å². The maximum absolute atomic E-state index is 13.3. The number of benzene rings is 1. The molecule has 0 spiro atoms. The van der Waals surface area contributed by atoms with Crippen LogP contribution in [0.5, 0.6) is 11.5 Å². The quantitative estimate of drug-likeness (QED) is 0.726. The average Bonchev–Trinajstić information content (AvgIpc) is 3.46. The molecule has 0 aliphatic carbocycles. The number of hydrogen-bond donors (Lipinski definition) is 0. The van der Waals surface area contributed by atoms with E-state index in [4.69, 9.17) is 18.9 Å². The summed E-state index contributed by atoms with van der Waals surface area (Å²) in [6.07, 6.45) is 5.06. The summed E-state index contributed by atoms with van der Waals surface area (Å²) in [6.45, 7) is 3.42. The molecule has 160 valence electrons.